The Kier molecular flexibility index (Phi) is 4.47. The molecule has 0 amide bonds. The first-order chi connectivity index (χ1) is 11.6. The van der Waals surface area contributed by atoms with Crippen LogP contribution in [0.25, 0.3) is 22.2 Å². The van der Waals surface area contributed by atoms with Crippen LogP contribution in [0.1, 0.15) is 29.3 Å². The quantitative estimate of drug-likeness (QED) is 0.723. The van der Waals surface area contributed by atoms with Crippen molar-refractivity contribution >= 4 is 16.9 Å². The van der Waals surface area contributed by atoms with E-state index in [0.29, 0.717) is 23.2 Å². The lowest BCUT2D eigenvalue weighted by molar-refractivity contribution is -0.254. The van der Waals surface area contributed by atoms with Crippen LogP contribution in [-0.4, -0.2) is 17.6 Å². The number of aromatic carboxylic acids is 1. The molecule has 0 N–H and O–H groups in total. The molecule has 0 unspecified atom stereocenters. The van der Waals surface area contributed by atoms with Crippen LogP contribution in [0.2, 0.25) is 0 Å². The zero-order valence-electron chi connectivity index (χ0n) is 13.7. The number of aromatic nitrogens is 1. The van der Waals surface area contributed by atoms with E-state index in [0.717, 1.165) is 23.3 Å². The minimum Gasteiger partial charge on any atom is -0.545 e. The molecule has 0 spiro atoms. The van der Waals surface area contributed by atoms with Gasteiger partial charge in [0.15, 0.2) is 0 Å². The van der Waals surface area contributed by atoms with Crippen molar-refractivity contribution in [3.8, 4) is 17.0 Å². The van der Waals surface area contributed by atoms with Crippen molar-refractivity contribution in [2.24, 2.45) is 0 Å². The first kappa shape index (κ1) is 16.0. The number of carbonyl (C=O) groups excluding carboxylic acids is 1. The van der Waals surface area contributed by atoms with Gasteiger partial charge in [0, 0.05) is 16.5 Å². The lowest BCUT2D eigenvalue weighted by Crippen LogP contribution is -2.22. The van der Waals surface area contributed by atoms with Gasteiger partial charge in [0.05, 0.1) is 23.8 Å². The van der Waals surface area contributed by atoms with Crippen LogP contribution in [0.4, 0.5) is 0 Å². The number of rotatable bonds is 5. The molecule has 0 bridgehead atoms. The molecule has 24 heavy (non-hydrogen) atoms. The number of nitrogens with zero attached hydrogens (tertiary/aromatic N) is 1. The van der Waals surface area contributed by atoms with E-state index in [1.165, 1.54) is 0 Å². The fourth-order valence-electron chi connectivity index (χ4n) is 2.67. The second-order valence-corrected chi connectivity index (χ2v) is 5.69. The van der Waals surface area contributed by atoms with Crippen LogP contribution in [0, 0.1) is 6.92 Å². The van der Waals surface area contributed by atoms with E-state index in [1.54, 1.807) is 12.1 Å². The molecule has 0 radical (unpaired) electrons. The van der Waals surface area contributed by atoms with E-state index in [9.17, 15) is 9.90 Å². The van der Waals surface area contributed by atoms with E-state index in [1.807, 2.05) is 50.2 Å². The van der Waals surface area contributed by atoms with Gasteiger partial charge in [-0.2, -0.15) is 0 Å². The normalized spacial score (nSPS) is 10.8. The molecule has 1 heterocycles. The molecule has 122 valence electrons. The number of carboxylic acid groups (broad SMARTS) is 1. The molecular formula is C20H18NO3-. The number of hydrogen-bond acceptors (Lipinski definition) is 4. The molecule has 0 aliphatic heterocycles. The minimum atomic E-state index is -1.20. The van der Waals surface area contributed by atoms with Gasteiger partial charge < -0.3 is 14.6 Å². The van der Waals surface area contributed by atoms with Crippen LogP contribution >= 0.6 is 0 Å². The number of para-hydroxylation sites is 1. The Morgan fingerprint density at radius 2 is 1.96 bits per heavy atom. The highest BCUT2D eigenvalue weighted by atomic mass is 16.5. The van der Waals surface area contributed by atoms with E-state index in [-0.39, 0.29) is 5.56 Å². The van der Waals surface area contributed by atoms with Gasteiger partial charge in [0.25, 0.3) is 0 Å². The van der Waals surface area contributed by atoms with Crippen molar-refractivity contribution in [2.75, 3.05) is 6.61 Å². The first-order valence-electron chi connectivity index (χ1n) is 7.95. The number of fused-ring (bicyclic) bond motifs is 1. The predicted octanol–water partition coefficient (Wildman–Crippen LogP) is 3.36. The molecule has 1 aromatic heterocycles. The highest BCUT2D eigenvalue weighted by Gasteiger charge is 2.10. The third-order valence-electron chi connectivity index (χ3n) is 3.86. The van der Waals surface area contributed by atoms with E-state index < -0.39 is 5.97 Å². The van der Waals surface area contributed by atoms with Crippen LogP contribution in [0.5, 0.6) is 5.75 Å². The van der Waals surface area contributed by atoms with Crippen molar-refractivity contribution < 1.29 is 14.6 Å². The molecule has 3 aromatic rings. The SMILES string of the molecule is CCCOc1cccc(-c2cc(C(=O)[O-])c3cccc(C)c3n2)c1. The maximum atomic E-state index is 11.6. The third-order valence-corrected chi connectivity index (χ3v) is 3.86. The summed E-state index contributed by atoms with van der Waals surface area (Å²) in [4.78, 5) is 16.2. The summed E-state index contributed by atoms with van der Waals surface area (Å²) in [6, 6.07) is 14.6. The summed E-state index contributed by atoms with van der Waals surface area (Å²) in [6.07, 6.45) is 0.923. The van der Waals surface area contributed by atoms with E-state index in [2.05, 4.69) is 4.98 Å². The smallest absolute Gasteiger partial charge is 0.119 e. The number of carbonyl (C=O) groups is 1. The van der Waals surface area contributed by atoms with Gasteiger partial charge in [-0.05, 0) is 37.1 Å². The zero-order valence-corrected chi connectivity index (χ0v) is 13.7. The molecule has 0 atom stereocenters. The Morgan fingerprint density at radius 3 is 2.71 bits per heavy atom. The number of pyridine rings is 1. The third kappa shape index (κ3) is 3.08. The van der Waals surface area contributed by atoms with Gasteiger partial charge in [0.1, 0.15) is 5.75 Å². The van der Waals surface area contributed by atoms with Gasteiger partial charge in [0.2, 0.25) is 0 Å². The molecule has 4 nitrogen and oxygen atoms in total. The summed E-state index contributed by atoms with van der Waals surface area (Å²) < 4.78 is 5.65. The zero-order chi connectivity index (χ0) is 17.1. The molecule has 3 rings (SSSR count). The van der Waals surface area contributed by atoms with E-state index in [4.69, 9.17) is 4.74 Å². The summed E-state index contributed by atoms with van der Waals surface area (Å²) in [5.74, 6) is -0.455. The maximum absolute atomic E-state index is 11.6. The number of benzene rings is 2. The van der Waals surface area contributed by atoms with Crippen molar-refractivity contribution in [2.45, 2.75) is 20.3 Å². The van der Waals surface area contributed by atoms with Crippen LogP contribution in [0.15, 0.2) is 48.5 Å². The second kappa shape index (κ2) is 6.71. The van der Waals surface area contributed by atoms with Crippen molar-refractivity contribution in [3.63, 3.8) is 0 Å². The average molecular weight is 320 g/mol. The van der Waals surface area contributed by atoms with Crippen LogP contribution in [-0.2, 0) is 0 Å². The van der Waals surface area contributed by atoms with Crippen molar-refractivity contribution in [3.05, 3.63) is 59.7 Å². The lowest BCUT2D eigenvalue weighted by Gasteiger charge is -2.13. The Bertz CT molecular complexity index is 903. The summed E-state index contributed by atoms with van der Waals surface area (Å²) in [6.45, 7) is 4.60. The largest absolute Gasteiger partial charge is 0.545 e. The predicted molar refractivity (Wildman–Crippen MR) is 92.0 cm³/mol. The second-order valence-electron chi connectivity index (χ2n) is 5.69. The van der Waals surface area contributed by atoms with Gasteiger partial charge in [-0.15, -0.1) is 0 Å². The van der Waals surface area contributed by atoms with E-state index >= 15 is 0 Å². The monoisotopic (exact) mass is 320 g/mol. The summed E-state index contributed by atoms with van der Waals surface area (Å²) in [5.41, 5.74) is 3.16. The average Bonchev–Trinajstić information content (AvgIpc) is 2.59. The molecule has 4 heteroatoms. The molecule has 0 fully saturated rings. The first-order valence-corrected chi connectivity index (χ1v) is 7.95. The fraction of sp³-hybridized carbons (Fsp3) is 0.200. The number of carboxylic acids is 1. The molecule has 0 aliphatic rings. The highest BCUT2D eigenvalue weighted by molar-refractivity contribution is 6.03. The standard InChI is InChI=1S/C20H19NO3/c1-3-10-24-15-8-5-7-14(11-15)18-12-17(20(22)23)16-9-4-6-13(2)19(16)21-18/h4-9,11-12H,3,10H2,1-2H3,(H,22,23)/p-1. The molecule has 0 saturated heterocycles. The number of ether oxygens (including phenoxy) is 1. The summed E-state index contributed by atoms with van der Waals surface area (Å²) in [7, 11) is 0. The summed E-state index contributed by atoms with van der Waals surface area (Å²) in [5, 5.41) is 12.1. The number of hydrogen-bond donors (Lipinski definition) is 0. The lowest BCUT2D eigenvalue weighted by atomic mass is 10.0. The van der Waals surface area contributed by atoms with Crippen molar-refractivity contribution in [1.82, 2.24) is 4.98 Å². The Balaban J connectivity index is 2.16. The minimum absolute atomic E-state index is 0.151. The van der Waals surface area contributed by atoms with Crippen LogP contribution < -0.4 is 9.84 Å². The molecular weight excluding hydrogens is 302 g/mol. The van der Waals surface area contributed by atoms with Gasteiger partial charge in [-0.1, -0.05) is 37.3 Å². The van der Waals surface area contributed by atoms with Crippen LogP contribution in [0.3, 0.4) is 0 Å². The molecule has 0 aliphatic carbocycles. The summed E-state index contributed by atoms with van der Waals surface area (Å²) >= 11 is 0. The topological polar surface area (TPSA) is 62.2 Å². The Labute approximate surface area is 140 Å². The van der Waals surface area contributed by atoms with Gasteiger partial charge >= 0.3 is 0 Å². The Hall–Kier alpha value is -2.88. The highest BCUT2D eigenvalue weighted by Crippen LogP contribution is 2.28. The fourth-order valence-corrected chi connectivity index (χ4v) is 2.67. The van der Waals surface area contributed by atoms with Gasteiger partial charge in [-0.25, -0.2) is 4.98 Å². The van der Waals surface area contributed by atoms with Gasteiger partial charge in [-0.3, -0.25) is 0 Å². The van der Waals surface area contributed by atoms with Crippen molar-refractivity contribution in [1.29, 1.82) is 0 Å². The molecule has 0 saturated carbocycles. The molecule has 2 aromatic carbocycles. The number of aryl methyl sites for hydroxylation is 1. The Morgan fingerprint density at radius 1 is 1.17 bits per heavy atom. The maximum Gasteiger partial charge on any atom is 0.119 e.